The van der Waals surface area contributed by atoms with Gasteiger partial charge in [-0.1, -0.05) is 11.8 Å². The molecule has 0 saturated heterocycles. The number of nitrogens with one attached hydrogen (secondary N) is 1. The molecule has 198 valence electrons. The molecule has 1 N–H and O–H groups in total. The molecule has 0 aromatic carbocycles. The second-order valence-corrected chi connectivity index (χ2v) is 11.3. The van der Waals surface area contributed by atoms with E-state index in [4.69, 9.17) is 1.37 Å². The van der Waals surface area contributed by atoms with Crippen molar-refractivity contribution in [3.63, 3.8) is 0 Å². The Balaban J connectivity index is 1.52. The lowest BCUT2D eigenvalue weighted by molar-refractivity contribution is -0.119. The standard InChI is InChI=1S/C25H26N6O6S/c1-29-20-21(28-24(29)38(3,36)37)31(25(35)30(2)23(20)34)10-4-5-14-11-17(13-18(32)15-6-7-15)26-19(12-14)27-22(33)16-8-9-16/h11-12,15-16H,6-10,13H2,1-3H3,(H,26,27,33)/i3D. The molecule has 2 fully saturated rings. The van der Waals surface area contributed by atoms with Crippen molar-refractivity contribution in [2.45, 2.75) is 43.8 Å². The molecule has 0 aliphatic heterocycles. The van der Waals surface area contributed by atoms with Crippen LogP contribution < -0.4 is 16.6 Å². The summed E-state index contributed by atoms with van der Waals surface area (Å²) in [7, 11) is -1.50. The number of Topliss-reactive ketones (excluding diaryl/α,β-unsaturated/α-hetero) is 1. The van der Waals surface area contributed by atoms with Crippen molar-refractivity contribution in [1.29, 1.82) is 0 Å². The average Bonchev–Trinajstić information content (AvgIpc) is 3.80. The molecule has 0 radical (unpaired) electrons. The van der Waals surface area contributed by atoms with E-state index in [0.717, 1.165) is 39.4 Å². The van der Waals surface area contributed by atoms with Gasteiger partial charge in [0, 0.05) is 45.5 Å². The molecule has 12 nitrogen and oxygen atoms in total. The molecule has 3 aromatic rings. The van der Waals surface area contributed by atoms with Crippen LogP contribution in [0.4, 0.5) is 5.82 Å². The number of anilines is 1. The minimum absolute atomic E-state index is 0.0424. The van der Waals surface area contributed by atoms with Crippen LogP contribution in [0.1, 0.15) is 38.3 Å². The molecule has 2 aliphatic rings. The highest BCUT2D eigenvalue weighted by molar-refractivity contribution is 7.90. The van der Waals surface area contributed by atoms with Crippen molar-refractivity contribution in [2.24, 2.45) is 25.9 Å². The molecule has 3 heterocycles. The van der Waals surface area contributed by atoms with Gasteiger partial charge in [0.1, 0.15) is 11.6 Å². The van der Waals surface area contributed by atoms with E-state index >= 15 is 0 Å². The number of nitrogens with zero attached hydrogens (tertiary/aromatic N) is 5. The molecule has 2 aliphatic carbocycles. The molecular formula is C25H26N6O6S. The number of imidazole rings is 1. The van der Waals surface area contributed by atoms with Gasteiger partial charge in [0.25, 0.3) is 5.56 Å². The SMILES string of the molecule is [2H]CS(=O)(=O)c1nc2c(c(=O)n(C)c(=O)n2CC#Cc2cc(CC(=O)C3CC3)nc(NC(=O)C3CC3)c2)n1C. The van der Waals surface area contributed by atoms with E-state index in [2.05, 4.69) is 27.1 Å². The summed E-state index contributed by atoms with van der Waals surface area (Å²) < 4.78 is 35.0. The first-order valence-electron chi connectivity index (χ1n) is 12.7. The summed E-state index contributed by atoms with van der Waals surface area (Å²) in [5, 5.41) is 2.29. The van der Waals surface area contributed by atoms with E-state index in [-0.39, 0.29) is 53.5 Å². The van der Waals surface area contributed by atoms with Gasteiger partial charge in [0.2, 0.25) is 20.9 Å². The number of ketones is 1. The topological polar surface area (TPSA) is 155 Å². The first kappa shape index (κ1) is 24.3. The monoisotopic (exact) mass is 539 g/mol. The maximum atomic E-state index is 12.9. The molecule has 0 spiro atoms. The minimum Gasteiger partial charge on any atom is -0.312 e. The normalized spacial score (nSPS) is 15.6. The Labute approximate surface area is 219 Å². The molecule has 3 aromatic heterocycles. The van der Waals surface area contributed by atoms with Crippen LogP contribution in [0.15, 0.2) is 26.9 Å². The third-order valence-electron chi connectivity index (χ3n) is 6.53. The van der Waals surface area contributed by atoms with Crippen LogP contribution in [0.3, 0.4) is 0 Å². The molecule has 0 atom stereocenters. The number of carbonyl (C=O) groups excluding carboxylic acids is 2. The first-order valence-corrected chi connectivity index (χ1v) is 13.7. The van der Waals surface area contributed by atoms with E-state index in [1.54, 1.807) is 12.1 Å². The van der Waals surface area contributed by atoms with Gasteiger partial charge in [-0.25, -0.2) is 18.2 Å². The number of fused-ring (bicyclic) bond motifs is 1. The van der Waals surface area contributed by atoms with Gasteiger partial charge in [-0.3, -0.25) is 23.5 Å². The third kappa shape index (κ3) is 5.04. The fourth-order valence-corrected chi connectivity index (χ4v) is 4.90. The summed E-state index contributed by atoms with van der Waals surface area (Å²) in [6.45, 7) is -0.233. The quantitative estimate of drug-likeness (QED) is 0.416. The van der Waals surface area contributed by atoms with Gasteiger partial charge in [-0.2, -0.15) is 4.98 Å². The number of sulfone groups is 1. The van der Waals surface area contributed by atoms with Crippen LogP contribution in [0, 0.1) is 23.7 Å². The summed E-state index contributed by atoms with van der Waals surface area (Å²) in [5.74, 6) is 6.00. The van der Waals surface area contributed by atoms with E-state index < -0.39 is 32.5 Å². The molecule has 1 amide bonds. The van der Waals surface area contributed by atoms with E-state index in [1.165, 1.54) is 14.1 Å². The number of rotatable bonds is 7. The van der Waals surface area contributed by atoms with E-state index in [0.29, 0.717) is 11.3 Å². The number of hydrogen-bond donors (Lipinski definition) is 1. The van der Waals surface area contributed by atoms with Crippen molar-refractivity contribution in [2.75, 3.05) is 11.5 Å². The van der Waals surface area contributed by atoms with E-state index in [9.17, 15) is 27.6 Å². The van der Waals surface area contributed by atoms with Crippen LogP contribution in [-0.2, 0) is 46.5 Å². The van der Waals surface area contributed by atoms with Crippen molar-refractivity contribution in [1.82, 2.24) is 23.7 Å². The number of carbonyl (C=O) groups is 2. The fourth-order valence-electron chi connectivity index (χ4n) is 4.17. The van der Waals surface area contributed by atoms with Gasteiger partial charge in [-0.05, 0) is 37.8 Å². The van der Waals surface area contributed by atoms with Crippen molar-refractivity contribution < 1.29 is 19.4 Å². The molecular weight excluding hydrogens is 512 g/mol. The lowest BCUT2D eigenvalue weighted by atomic mass is 10.1. The second-order valence-electron chi connectivity index (χ2n) is 9.69. The zero-order chi connectivity index (χ0) is 28.1. The molecule has 0 bridgehead atoms. The average molecular weight is 540 g/mol. The minimum atomic E-state index is -4.10. The van der Waals surface area contributed by atoms with Crippen LogP contribution in [0.2, 0.25) is 0 Å². The van der Waals surface area contributed by atoms with Crippen molar-refractivity contribution in [3.8, 4) is 11.8 Å². The zero-order valence-corrected chi connectivity index (χ0v) is 21.7. The van der Waals surface area contributed by atoms with Gasteiger partial charge in [-0.15, -0.1) is 0 Å². The predicted molar refractivity (Wildman–Crippen MR) is 137 cm³/mol. The summed E-state index contributed by atoms with van der Waals surface area (Å²) in [6.07, 6.45) is 2.52. The summed E-state index contributed by atoms with van der Waals surface area (Å²) in [5.41, 5.74) is -0.798. The van der Waals surface area contributed by atoms with Crippen LogP contribution in [0.5, 0.6) is 0 Å². The highest BCUT2D eigenvalue weighted by atomic mass is 32.2. The Kier molecular flexibility index (Phi) is 5.98. The van der Waals surface area contributed by atoms with Crippen molar-refractivity contribution >= 4 is 38.5 Å². The summed E-state index contributed by atoms with van der Waals surface area (Å²) >= 11 is 0. The number of pyridine rings is 1. The largest absolute Gasteiger partial charge is 0.333 e. The number of aromatic nitrogens is 5. The van der Waals surface area contributed by atoms with Gasteiger partial charge >= 0.3 is 5.69 Å². The van der Waals surface area contributed by atoms with Crippen LogP contribution >= 0.6 is 0 Å². The number of aryl methyl sites for hydroxylation is 1. The Hall–Kier alpha value is -4.05. The maximum Gasteiger partial charge on any atom is 0.333 e. The fraction of sp³-hybridized carbons (Fsp3) is 0.440. The van der Waals surface area contributed by atoms with Gasteiger partial charge in [0.15, 0.2) is 11.2 Å². The van der Waals surface area contributed by atoms with Crippen LogP contribution in [0.25, 0.3) is 11.2 Å². The second kappa shape index (κ2) is 9.36. The van der Waals surface area contributed by atoms with Gasteiger partial charge in [0.05, 0.1) is 12.2 Å². The van der Waals surface area contributed by atoms with E-state index in [1.807, 2.05) is 0 Å². The molecule has 0 unspecified atom stereocenters. The molecule has 2 saturated carbocycles. The lowest BCUT2D eigenvalue weighted by Gasteiger charge is -2.08. The first-order chi connectivity index (χ1) is 18.5. The Morgan fingerprint density at radius 2 is 1.82 bits per heavy atom. The molecule has 38 heavy (non-hydrogen) atoms. The lowest BCUT2D eigenvalue weighted by Crippen LogP contribution is -2.38. The molecule has 5 rings (SSSR count). The Morgan fingerprint density at radius 1 is 1.11 bits per heavy atom. The number of amides is 1. The maximum absolute atomic E-state index is 12.9. The van der Waals surface area contributed by atoms with Gasteiger partial charge < -0.3 is 9.88 Å². The summed E-state index contributed by atoms with van der Waals surface area (Å²) in [6, 6.07) is 3.23. The number of hydrogen-bond acceptors (Lipinski definition) is 8. The van der Waals surface area contributed by atoms with Crippen molar-refractivity contribution in [3.05, 3.63) is 44.2 Å². The van der Waals surface area contributed by atoms with Crippen LogP contribution in [-0.4, -0.2) is 50.0 Å². The molecule has 13 heteroatoms. The summed E-state index contributed by atoms with van der Waals surface area (Å²) in [4.78, 5) is 58.8. The highest BCUT2D eigenvalue weighted by Crippen LogP contribution is 2.32. The predicted octanol–water partition coefficient (Wildman–Crippen LogP) is 0.154. The highest BCUT2D eigenvalue weighted by Gasteiger charge is 2.31. The smallest absolute Gasteiger partial charge is 0.312 e. The zero-order valence-electron chi connectivity index (χ0n) is 21.9. The Bertz CT molecular complexity index is 1780. The Morgan fingerprint density at radius 3 is 2.47 bits per heavy atom. The third-order valence-corrected chi connectivity index (χ3v) is 7.45.